The predicted octanol–water partition coefficient (Wildman–Crippen LogP) is 4.97. The van der Waals surface area contributed by atoms with Crippen molar-refractivity contribution < 1.29 is 0 Å². The largest absolute Gasteiger partial charge is 0.337 e. The van der Waals surface area contributed by atoms with E-state index in [1.165, 1.54) is 57.8 Å². The second kappa shape index (κ2) is 8.19. The fourth-order valence-electron chi connectivity index (χ4n) is 3.09. The molecule has 1 aromatic heterocycles. The number of aromatic nitrogens is 2. The lowest BCUT2D eigenvalue weighted by atomic mass is 9.84. The van der Waals surface area contributed by atoms with E-state index < -0.39 is 0 Å². The first-order chi connectivity index (χ1) is 9.38. The number of nitrogens with zero attached hydrogens (tertiary/aromatic N) is 2. The Balaban J connectivity index is 1.83. The van der Waals surface area contributed by atoms with Gasteiger partial charge in [-0.2, -0.15) is 0 Å². The standard InChI is InChI=1S/C17H28N2/c1-2-3-7-17(10-12-19-13-11-18-15-19)14-16-8-5-4-6-9-16/h7,11,13,15-16H,2-6,8-10,12,14H2,1H3/b17-7-. The highest BCUT2D eigenvalue weighted by atomic mass is 15.0. The molecule has 2 rings (SSSR count). The van der Waals surface area contributed by atoms with E-state index in [0.29, 0.717) is 0 Å². The molecule has 0 saturated heterocycles. The van der Waals surface area contributed by atoms with E-state index in [1.807, 2.05) is 12.5 Å². The number of unbranched alkanes of at least 4 members (excludes halogenated alkanes) is 1. The van der Waals surface area contributed by atoms with Gasteiger partial charge < -0.3 is 4.57 Å². The van der Waals surface area contributed by atoms with Crippen LogP contribution in [0.5, 0.6) is 0 Å². The van der Waals surface area contributed by atoms with Crippen molar-refractivity contribution in [2.45, 2.75) is 71.3 Å². The molecule has 1 heterocycles. The van der Waals surface area contributed by atoms with Gasteiger partial charge in [0.25, 0.3) is 0 Å². The van der Waals surface area contributed by atoms with Crippen molar-refractivity contribution >= 4 is 0 Å². The summed E-state index contributed by atoms with van der Waals surface area (Å²) < 4.78 is 2.20. The summed E-state index contributed by atoms with van der Waals surface area (Å²) in [6.45, 7) is 3.35. The monoisotopic (exact) mass is 260 g/mol. The van der Waals surface area contributed by atoms with Gasteiger partial charge in [-0.05, 0) is 25.2 Å². The van der Waals surface area contributed by atoms with E-state index in [9.17, 15) is 0 Å². The SMILES string of the molecule is CCC/C=C(/CCn1ccnc1)CC1CCCCC1. The molecule has 106 valence electrons. The zero-order valence-electron chi connectivity index (χ0n) is 12.4. The lowest BCUT2D eigenvalue weighted by molar-refractivity contribution is 0.352. The molecule has 0 unspecified atom stereocenters. The Bertz CT molecular complexity index is 359. The number of hydrogen-bond donors (Lipinski definition) is 0. The molecule has 0 atom stereocenters. The molecule has 0 aliphatic heterocycles. The second-order valence-corrected chi connectivity index (χ2v) is 5.91. The molecule has 0 spiro atoms. The topological polar surface area (TPSA) is 17.8 Å². The van der Waals surface area contributed by atoms with Crippen LogP contribution in [0, 0.1) is 5.92 Å². The third-order valence-corrected chi connectivity index (χ3v) is 4.25. The van der Waals surface area contributed by atoms with Crippen LogP contribution in [0.2, 0.25) is 0 Å². The average molecular weight is 260 g/mol. The Morgan fingerprint density at radius 2 is 2.16 bits per heavy atom. The van der Waals surface area contributed by atoms with Crippen molar-refractivity contribution in [3.63, 3.8) is 0 Å². The Hall–Kier alpha value is -1.05. The molecule has 19 heavy (non-hydrogen) atoms. The number of imidazole rings is 1. The van der Waals surface area contributed by atoms with Crippen molar-refractivity contribution in [2.24, 2.45) is 5.92 Å². The molecule has 1 aliphatic rings. The van der Waals surface area contributed by atoms with Crippen LogP contribution in [0.25, 0.3) is 0 Å². The summed E-state index contributed by atoms with van der Waals surface area (Å²) in [5, 5.41) is 0. The highest BCUT2D eigenvalue weighted by molar-refractivity contribution is 5.03. The quantitative estimate of drug-likeness (QED) is 0.633. The summed E-state index contributed by atoms with van der Waals surface area (Å²) in [5.74, 6) is 0.958. The summed E-state index contributed by atoms with van der Waals surface area (Å²) in [4.78, 5) is 4.12. The molecule has 1 saturated carbocycles. The fourth-order valence-corrected chi connectivity index (χ4v) is 3.09. The van der Waals surface area contributed by atoms with E-state index in [0.717, 1.165) is 12.5 Å². The van der Waals surface area contributed by atoms with Gasteiger partial charge in [-0.25, -0.2) is 4.98 Å². The number of rotatable bonds is 7. The number of hydrogen-bond acceptors (Lipinski definition) is 1. The molecule has 0 amide bonds. The molecule has 0 radical (unpaired) electrons. The molecule has 2 nitrogen and oxygen atoms in total. The van der Waals surface area contributed by atoms with Gasteiger partial charge in [-0.3, -0.25) is 0 Å². The molecule has 1 aromatic rings. The van der Waals surface area contributed by atoms with Crippen LogP contribution < -0.4 is 0 Å². The molecule has 0 aromatic carbocycles. The Morgan fingerprint density at radius 1 is 1.32 bits per heavy atom. The van der Waals surface area contributed by atoms with Gasteiger partial charge in [0.05, 0.1) is 6.33 Å². The predicted molar refractivity (Wildman–Crippen MR) is 81.0 cm³/mol. The fraction of sp³-hybridized carbons (Fsp3) is 0.706. The molecule has 0 N–H and O–H groups in total. The zero-order chi connectivity index (χ0) is 13.3. The Morgan fingerprint density at radius 3 is 2.84 bits per heavy atom. The van der Waals surface area contributed by atoms with Crippen molar-refractivity contribution in [3.05, 3.63) is 30.4 Å². The van der Waals surface area contributed by atoms with Crippen LogP contribution in [0.4, 0.5) is 0 Å². The van der Waals surface area contributed by atoms with Crippen LogP contribution in [0.3, 0.4) is 0 Å². The maximum atomic E-state index is 4.12. The molecule has 0 bridgehead atoms. The lowest BCUT2D eigenvalue weighted by Crippen LogP contribution is -2.08. The van der Waals surface area contributed by atoms with E-state index in [2.05, 4.69) is 28.7 Å². The third kappa shape index (κ3) is 5.22. The molecule has 1 aliphatic carbocycles. The highest BCUT2D eigenvalue weighted by Gasteiger charge is 2.14. The third-order valence-electron chi connectivity index (χ3n) is 4.25. The van der Waals surface area contributed by atoms with Crippen LogP contribution in [0.15, 0.2) is 30.4 Å². The van der Waals surface area contributed by atoms with Crippen LogP contribution in [-0.2, 0) is 6.54 Å². The maximum Gasteiger partial charge on any atom is 0.0946 e. The molecular weight excluding hydrogens is 232 g/mol. The average Bonchev–Trinajstić information content (AvgIpc) is 2.96. The van der Waals surface area contributed by atoms with Crippen LogP contribution in [-0.4, -0.2) is 9.55 Å². The van der Waals surface area contributed by atoms with Crippen LogP contribution >= 0.6 is 0 Å². The maximum absolute atomic E-state index is 4.12. The Kier molecular flexibility index (Phi) is 6.19. The lowest BCUT2D eigenvalue weighted by Gasteiger charge is -2.23. The highest BCUT2D eigenvalue weighted by Crippen LogP contribution is 2.30. The minimum atomic E-state index is 0.958. The summed E-state index contributed by atoms with van der Waals surface area (Å²) >= 11 is 0. The van der Waals surface area contributed by atoms with Crippen molar-refractivity contribution in [1.82, 2.24) is 9.55 Å². The van der Waals surface area contributed by atoms with Gasteiger partial charge in [0.2, 0.25) is 0 Å². The number of aryl methyl sites for hydroxylation is 1. The van der Waals surface area contributed by atoms with Gasteiger partial charge in [-0.1, -0.05) is 57.1 Å². The molecule has 2 heteroatoms. The minimum absolute atomic E-state index is 0.958. The summed E-state index contributed by atoms with van der Waals surface area (Å²) in [7, 11) is 0. The van der Waals surface area contributed by atoms with Crippen molar-refractivity contribution in [3.8, 4) is 0 Å². The normalized spacial score (nSPS) is 17.8. The smallest absolute Gasteiger partial charge is 0.0946 e. The van der Waals surface area contributed by atoms with Gasteiger partial charge >= 0.3 is 0 Å². The van der Waals surface area contributed by atoms with E-state index in [4.69, 9.17) is 0 Å². The number of allylic oxidation sites excluding steroid dienone is 2. The van der Waals surface area contributed by atoms with Crippen molar-refractivity contribution in [1.29, 1.82) is 0 Å². The molecule has 1 fully saturated rings. The van der Waals surface area contributed by atoms with E-state index >= 15 is 0 Å². The van der Waals surface area contributed by atoms with Crippen LogP contribution in [0.1, 0.15) is 64.7 Å². The van der Waals surface area contributed by atoms with Gasteiger partial charge in [0, 0.05) is 18.9 Å². The Labute approximate surface area is 117 Å². The first-order valence-electron chi connectivity index (χ1n) is 8.02. The van der Waals surface area contributed by atoms with Gasteiger partial charge in [-0.15, -0.1) is 0 Å². The summed E-state index contributed by atoms with van der Waals surface area (Å²) in [5.41, 5.74) is 1.68. The van der Waals surface area contributed by atoms with E-state index in [-0.39, 0.29) is 0 Å². The van der Waals surface area contributed by atoms with Gasteiger partial charge in [0.1, 0.15) is 0 Å². The first kappa shape index (κ1) is 14.4. The second-order valence-electron chi connectivity index (χ2n) is 5.91. The summed E-state index contributed by atoms with van der Waals surface area (Å²) in [6, 6.07) is 0. The summed E-state index contributed by atoms with van der Waals surface area (Å²) in [6.07, 6.45) is 20.7. The minimum Gasteiger partial charge on any atom is -0.337 e. The zero-order valence-corrected chi connectivity index (χ0v) is 12.4. The van der Waals surface area contributed by atoms with E-state index in [1.54, 1.807) is 5.57 Å². The van der Waals surface area contributed by atoms with Gasteiger partial charge in [0.15, 0.2) is 0 Å². The molecular formula is C17H28N2. The first-order valence-corrected chi connectivity index (χ1v) is 8.02. The van der Waals surface area contributed by atoms with Crippen molar-refractivity contribution in [2.75, 3.05) is 0 Å².